The van der Waals surface area contributed by atoms with E-state index in [0.717, 1.165) is 18.7 Å². The second-order valence-electron chi connectivity index (χ2n) is 5.72. The maximum atomic E-state index is 13.2. The monoisotopic (exact) mass is 327 g/mol. The van der Waals surface area contributed by atoms with Crippen LogP contribution in [0.25, 0.3) is 0 Å². The number of hydrogen-bond acceptors (Lipinski definition) is 2. The van der Waals surface area contributed by atoms with E-state index in [0.29, 0.717) is 12.2 Å². The zero-order chi connectivity index (χ0) is 17.1. The molecule has 6 heteroatoms. The van der Waals surface area contributed by atoms with Crippen LogP contribution in [0, 0.1) is 5.82 Å². The Morgan fingerprint density at radius 2 is 1.88 bits per heavy atom. The van der Waals surface area contributed by atoms with E-state index in [1.165, 1.54) is 18.2 Å². The van der Waals surface area contributed by atoms with Crippen molar-refractivity contribution < 1.29 is 14.0 Å². The van der Waals surface area contributed by atoms with E-state index in [1.807, 2.05) is 0 Å². The van der Waals surface area contributed by atoms with E-state index in [4.69, 9.17) is 0 Å². The van der Waals surface area contributed by atoms with Gasteiger partial charge >= 0.3 is 6.03 Å². The first kappa shape index (κ1) is 16.0. The molecule has 0 radical (unpaired) electrons. The maximum absolute atomic E-state index is 13.2. The molecular weight excluding hydrogens is 309 g/mol. The number of halogens is 1. The SMILES string of the molecule is CN1CCCN(c2ccc(NC(=O)c3cccc(F)c3)cc2)C1=O. The number of amides is 3. The van der Waals surface area contributed by atoms with Gasteiger partial charge in [-0.3, -0.25) is 9.69 Å². The lowest BCUT2D eigenvalue weighted by atomic mass is 10.2. The van der Waals surface area contributed by atoms with Crippen molar-refractivity contribution in [3.8, 4) is 0 Å². The Balaban J connectivity index is 1.70. The van der Waals surface area contributed by atoms with Gasteiger partial charge in [0.25, 0.3) is 5.91 Å². The quantitative estimate of drug-likeness (QED) is 0.940. The van der Waals surface area contributed by atoms with Gasteiger partial charge in [-0.15, -0.1) is 0 Å². The highest BCUT2D eigenvalue weighted by Gasteiger charge is 2.23. The standard InChI is InChI=1S/C18H18FN3O2/c1-21-10-3-11-22(18(21)24)16-8-6-15(7-9-16)20-17(23)13-4-2-5-14(19)12-13/h2,4-9,12H,3,10-11H2,1H3,(H,20,23). The highest BCUT2D eigenvalue weighted by molar-refractivity contribution is 6.04. The minimum Gasteiger partial charge on any atom is -0.327 e. The molecule has 1 heterocycles. The Kier molecular flexibility index (Phi) is 4.46. The van der Waals surface area contributed by atoms with Gasteiger partial charge in [-0.25, -0.2) is 9.18 Å². The molecule has 3 amide bonds. The van der Waals surface area contributed by atoms with Gasteiger partial charge in [-0.05, 0) is 48.9 Å². The fourth-order valence-electron chi connectivity index (χ4n) is 2.66. The molecule has 5 nitrogen and oxygen atoms in total. The molecule has 0 aromatic heterocycles. The Morgan fingerprint density at radius 3 is 2.58 bits per heavy atom. The van der Waals surface area contributed by atoms with E-state index in [2.05, 4.69) is 5.32 Å². The Morgan fingerprint density at radius 1 is 1.12 bits per heavy atom. The van der Waals surface area contributed by atoms with Crippen molar-refractivity contribution in [2.75, 3.05) is 30.4 Å². The summed E-state index contributed by atoms with van der Waals surface area (Å²) in [6, 6.07) is 12.5. The lowest BCUT2D eigenvalue weighted by molar-refractivity contribution is 0.102. The van der Waals surface area contributed by atoms with Gasteiger partial charge in [0, 0.05) is 37.1 Å². The highest BCUT2D eigenvalue weighted by Crippen LogP contribution is 2.22. The minimum absolute atomic E-state index is 0.0298. The number of rotatable bonds is 3. The molecule has 0 saturated carbocycles. The van der Waals surface area contributed by atoms with Gasteiger partial charge < -0.3 is 10.2 Å². The number of hydrogen-bond donors (Lipinski definition) is 1. The fraction of sp³-hybridized carbons (Fsp3) is 0.222. The summed E-state index contributed by atoms with van der Waals surface area (Å²) in [5, 5.41) is 2.72. The molecule has 0 aliphatic carbocycles. The van der Waals surface area contributed by atoms with E-state index < -0.39 is 5.82 Å². The van der Waals surface area contributed by atoms with Crippen LogP contribution in [-0.2, 0) is 0 Å². The van der Waals surface area contributed by atoms with Crippen molar-refractivity contribution in [2.45, 2.75) is 6.42 Å². The Labute approximate surface area is 139 Å². The number of nitrogens with zero attached hydrogens (tertiary/aromatic N) is 2. The zero-order valence-corrected chi connectivity index (χ0v) is 13.3. The molecule has 2 aromatic carbocycles. The molecule has 0 unspecified atom stereocenters. The summed E-state index contributed by atoms with van der Waals surface area (Å²) < 4.78 is 13.2. The van der Waals surface area contributed by atoms with Crippen molar-refractivity contribution in [3.05, 3.63) is 59.9 Å². The summed E-state index contributed by atoms with van der Waals surface area (Å²) in [5.41, 5.74) is 1.63. The average Bonchev–Trinajstić information content (AvgIpc) is 2.58. The second-order valence-corrected chi connectivity index (χ2v) is 5.72. The van der Waals surface area contributed by atoms with Crippen molar-refractivity contribution in [1.82, 2.24) is 4.90 Å². The van der Waals surface area contributed by atoms with Crippen molar-refractivity contribution in [2.24, 2.45) is 0 Å². The van der Waals surface area contributed by atoms with Crippen LogP contribution in [-0.4, -0.2) is 37.0 Å². The van der Waals surface area contributed by atoms with Crippen LogP contribution in [0.15, 0.2) is 48.5 Å². The van der Waals surface area contributed by atoms with Gasteiger partial charge in [-0.1, -0.05) is 6.07 Å². The predicted molar refractivity (Wildman–Crippen MR) is 90.8 cm³/mol. The second kappa shape index (κ2) is 6.70. The van der Waals surface area contributed by atoms with E-state index in [-0.39, 0.29) is 17.5 Å². The summed E-state index contributed by atoms with van der Waals surface area (Å²) in [6.07, 6.45) is 0.917. The normalized spacial score (nSPS) is 14.7. The van der Waals surface area contributed by atoms with Crippen molar-refractivity contribution >= 4 is 23.3 Å². The number of carbonyl (C=O) groups is 2. The lowest BCUT2D eigenvalue weighted by Gasteiger charge is -2.33. The van der Waals surface area contributed by atoms with Crippen LogP contribution in [0.1, 0.15) is 16.8 Å². The summed E-state index contributed by atoms with van der Waals surface area (Å²) in [4.78, 5) is 27.6. The minimum atomic E-state index is -0.453. The van der Waals surface area contributed by atoms with Crippen LogP contribution in [0.3, 0.4) is 0 Å². The summed E-state index contributed by atoms with van der Waals surface area (Å²) >= 11 is 0. The molecule has 1 N–H and O–H groups in total. The molecule has 0 bridgehead atoms. The Hall–Kier alpha value is -2.89. The third-order valence-electron chi connectivity index (χ3n) is 3.96. The average molecular weight is 327 g/mol. The zero-order valence-electron chi connectivity index (χ0n) is 13.3. The molecule has 3 rings (SSSR count). The first-order valence-corrected chi connectivity index (χ1v) is 7.74. The Bertz CT molecular complexity index is 761. The van der Waals surface area contributed by atoms with Crippen LogP contribution in [0.4, 0.5) is 20.6 Å². The van der Waals surface area contributed by atoms with Crippen molar-refractivity contribution in [1.29, 1.82) is 0 Å². The maximum Gasteiger partial charge on any atom is 0.324 e. The smallest absolute Gasteiger partial charge is 0.324 e. The number of carbonyl (C=O) groups excluding carboxylic acids is 2. The van der Waals surface area contributed by atoms with E-state index >= 15 is 0 Å². The number of nitrogens with one attached hydrogen (secondary N) is 1. The third-order valence-corrected chi connectivity index (χ3v) is 3.96. The molecule has 24 heavy (non-hydrogen) atoms. The molecule has 1 aliphatic rings. The topological polar surface area (TPSA) is 52.6 Å². The molecule has 1 fully saturated rings. The molecule has 1 aliphatic heterocycles. The molecule has 0 atom stereocenters. The largest absolute Gasteiger partial charge is 0.327 e. The third kappa shape index (κ3) is 3.37. The van der Waals surface area contributed by atoms with Gasteiger partial charge in [0.1, 0.15) is 5.82 Å². The molecular formula is C18H18FN3O2. The van der Waals surface area contributed by atoms with Gasteiger partial charge in [-0.2, -0.15) is 0 Å². The number of urea groups is 1. The fourth-order valence-corrected chi connectivity index (χ4v) is 2.66. The molecule has 0 spiro atoms. The number of benzene rings is 2. The summed E-state index contributed by atoms with van der Waals surface area (Å²) in [6.45, 7) is 1.44. The first-order chi connectivity index (χ1) is 11.5. The first-order valence-electron chi connectivity index (χ1n) is 7.74. The predicted octanol–water partition coefficient (Wildman–Crippen LogP) is 3.34. The summed E-state index contributed by atoms with van der Waals surface area (Å²) in [7, 11) is 1.78. The lowest BCUT2D eigenvalue weighted by Crippen LogP contribution is -2.47. The molecule has 1 saturated heterocycles. The van der Waals surface area contributed by atoms with Gasteiger partial charge in [0.15, 0.2) is 0 Å². The van der Waals surface area contributed by atoms with Crippen LogP contribution < -0.4 is 10.2 Å². The summed E-state index contributed by atoms with van der Waals surface area (Å²) in [5.74, 6) is -0.832. The number of anilines is 2. The van der Waals surface area contributed by atoms with Crippen LogP contribution in [0.2, 0.25) is 0 Å². The van der Waals surface area contributed by atoms with Gasteiger partial charge in [0.2, 0.25) is 0 Å². The molecule has 2 aromatic rings. The van der Waals surface area contributed by atoms with Crippen molar-refractivity contribution in [3.63, 3.8) is 0 Å². The van der Waals surface area contributed by atoms with Gasteiger partial charge in [0.05, 0.1) is 0 Å². The van der Waals surface area contributed by atoms with Crippen LogP contribution in [0.5, 0.6) is 0 Å². The molecule has 124 valence electrons. The van der Waals surface area contributed by atoms with E-state index in [1.54, 1.807) is 47.2 Å². The van der Waals surface area contributed by atoms with E-state index in [9.17, 15) is 14.0 Å². The highest BCUT2D eigenvalue weighted by atomic mass is 19.1. The van der Waals surface area contributed by atoms with Crippen LogP contribution >= 0.6 is 0 Å².